The lowest BCUT2D eigenvalue weighted by atomic mass is 9.96. The first-order chi connectivity index (χ1) is 5.00. The van der Waals surface area contributed by atoms with Gasteiger partial charge in [-0.05, 0) is 12.8 Å². The highest BCUT2D eigenvalue weighted by atomic mass is 16.1. The zero-order valence-corrected chi connectivity index (χ0v) is 7.77. The molecule has 0 radical (unpaired) electrons. The third-order valence-electron chi connectivity index (χ3n) is 1.62. The van der Waals surface area contributed by atoms with Crippen LogP contribution in [0.1, 0.15) is 34.1 Å². The number of nitrogens with two attached hydrogens (primary N) is 1. The molecule has 0 aliphatic carbocycles. The van der Waals surface area contributed by atoms with Crippen LogP contribution in [0, 0.1) is 5.92 Å². The second-order valence-corrected chi connectivity index (χ2v) is 3.03. The molecule has 11 heavy (non-hydrogen) atoms. The quantitative estimate of drug-likeness (QED) is 0.632. The maximum atomic E-state index is 11.3. The van der Waals surface area contributed by atoms with Crippen LogP contribution in [-0.2, 0) is 4.79 Å². The van der Waals surface area contributed by atoms with Crippen LogP contribution in [0.5, 0.6) is 0 Å². The lowest BCUT2D eigenvalue weighted by molar-refractivity contribution is -0.115. The van der Waals surface area contributed by atoms with Gasteiger partial charge in [-0.15, -0.1) is 0 Å². The number of hydrogen-bond acceptors (Lipinski definition) is 2. The summed E-state index contributed by atoms with van der Waals surface area (Å²) in [6.45, 7) is 7.61. The Morgan fingerprint density at radius 1 is 1.45 bits per heavy atom. The highest BCUT2D eigenvalue weighted by molar-refractivity contribution is 5.95. The van der Waals surface area contributed by atoms with Crippen LogP contribution >= 0.6 is 0 Å². The fourth-order valence-electron chi connectivity index (χ4n) is 1.19. The van der Waals surface area contributed by atoms with Crippen molar-refractivity contribution < 1.29 is 4.79 Å². The first kappa shape index (κ1) is 10.2. The van der Waals surface area contributed by atoms with Gasteiger partial charge in [-0.3, -0.25) is 4.79 Å². The Hall–Kier alpha value is -0.790. The van der Waals surface area contributed by atoms with E-state index in [9.17, 15) is 4.79 Å². The molecule has 0 saturated heterocycles. The number of hydrogen-bond donors (Lipinski definition) is 1. The van der Waals surface area contributed by atoms with Crippen molar-refractivity contribution >= 4 is 5.78 Å². The Morgan fingerprint density at radius 3 is 2.00 bits per heavy atom. The summed E-state index contributed by atoms with van der Waals surface area (Å²) in [5, 5.41) is 0. The maximum Gasteiger partial charge on any atom is 0.160 e. The SMILES string of the molecule is CCC(=O)C(=C(C)N)C(C)C. The lowest BCUT2D eigenvalue weighted by Crippen LogP contribution is -2.13. The largest absolute Gasteiger partial charge is 0.402 e. The molecule has 0 aliphatic heterocycles. The molecule has 0 aromatic heterocycles. The van der Waals surface area contributed by atoms with Gasteiger partial charge in [0.2, 0.25) is 0 Å². The summed E-state index contributed by atoms with van der Waals surface area (Å²) in [5.41, 5.74) is 7.02. The average molecular weight is 155 g/mol. The summed E-state index contributed by atoms with van der Waals surface area (Å²) in [5.74, 6) is 0.410. The molecule has 2 N–H and O–H groups in total. The van der Waals surface area contributed by atoms with Gasteiger partial charge in [-0.1, -0.05) is 20.8 Å². The molecule has 0 heterocycles. The van der Waals surface area contributed by atoms with Gasteiger partial charge in [0.1, 0.15) is 0 Å². The van der Waals surface area contributed by atoms with E-state index < -0.39 is 0 Å². The number of allylic oxidation sites excluding steroid dienone is 2. The van der Waals surface area contributed by atoms with Crippen molar-refractivity contribution in [3.05, 3.63) is 11.3 Å². The van der Waals surface area contributed by atoms with E-state index in [1.807, 2.05) is 20.8 Å². The van der Waals surface area contributed by atoms with E-state index >= 15 is 0 Å². The standard InChI is InChI=1S/C9H17NO/c1-5-8(11)9(6(2)3)7(4)10/h6H,5,10H2,1-4H3. The van der Waals surface area contributed by atoms with Crippen LogP contribution in [-0.4, -0.2) is 5.78 Å². The topological polar surface area (TPSA) is 43.1 Å². The van der Waals surface area contributed by atoms with E-state index in [1.54, 1.807) is 6.92 Å². The molecule has 0 aromatic carbocycles. The fraction of sp³-hybridized carbons (Fsp3) is 0.667. The predicted molar refractivity (Wildman–Crippen MR) is 47.0 cm³/mol. The summed E-state index contributed by atoms with van der Waals surface area (Å²) < 4.78 is 0. The number of carbonyl (C=O) groups excluding carboxylic acids is 1. The second-order valence-electron chi connectivity index (χ2n) is 3.03. The van der Waals surface area contributed by atoms with Crippen LogP contribution in [0.25, 0.3) is 0 Å². The van der Waals surface area contributed by atoms with Gasteiger partial charge < -0.3 is 5.73 Å². The number of carbonyl (C=O) groups is 1. The van der Waals surface area contributed by atoms with Gasteiger partial charge in [0.15, 0.2) is 5.78 Å². The average Bonchev–Trinajstić information content (AvgIpc) is 1.85. The molecule has 0 bridgehead atoms. The zero-order chi connectivity index (χ0) is 9.02. The number of rotatable bonds is 3. The van der Waals surface area contributed by atoms with Crippen molar-refractivity contribution in [2.45, 2.75) is 34.1 Å². The van der Waals surface area contributed by atoms with Gasteiger partial charge in [-0.25, -0.2) is 0 Å². The highest BCUT2D eigenvalue weighted by Gasteiger charge is 2.12. The first-order valence-corrected chi connectivity index (χ1v) is 4.00. The number of ketones is 1. The van der Waals surface area contributed by atoms with Crippen LogP contribution in [0.2, 0.25) is 0 Å². The lowest BCUT2D eigenvalue weighted by Gasteiger charge is -2.10. The van der Waals surface area contributed by atoms with Gasteiger partial charge in [0.25, 0.3) is 0 Å². The van der Waals surface area contributed by atoms with Gasteiger partial charge >= 0.3 is 0 Å². The molecule has 0 aliphatic rings. The summed E-state index contributed by atoms with van der Waals surface area (Å²) in [7, 11) is 0. The molecule has 2 heteroatoms. The molecule has 64 valence electrons. The molecule has 2 nitrogen and oxygen atoms in total. The van der Waals surface area contributed by atoms with Crippen molar-refractivity contribution in [1.29, 1.82) is 0 Å². The normalized spacial score (nSPS) is 13.2. The fourth-order valence-corrected chi connectivity index (χ4v) is 1.19. The van der Waals surface area contributed by atoms with E-state index in [2.05, 4.69) is 0 Å². The predicted octanol–water partition coefficient (Wildman–Crippen LogP) is 1.85. The third kappa shape index (κ3) is 2.74. The van der Waals surface area contributed by atoms with E-state index in [1.165, 1.54) is 0 Å². The van der Waals surface area contributed by atoms with E-state index in [-0.39, 0.29) is 11.7 Å². The summed E-state index contributed by atoms with van der Waals surface area (Å²) in [6.07, 6.45) is 0.544. The van der Waals surface area contributed by atoms with Crippen LogP contribution in [0.4, 0.5) is 0 Å². The van der Waals surface area contributed by atoms with Gasteiger partial charge in [0, 0.05) is 17.7 Å². The van der Waals surface area contributed by atoms with Gasteiger partial charge in [0.05, 0.1) is 0 Å². The summed E-state index contributed by atoms with van der Waals surface area (Å²) in [4.78, 5) is 11.3. The van der Waals surface area contributed by atoms with Crippen LogP contribution in [0.15, 0.2) is 11.3 Å². The minimum Gasteiger partial charge on any atom is -0.402 e. The van der Waals surface area contributed by atoms with Gasteiger partial charge in [-0.2, -0.15) is 0 Å². The minimum atomic E-state index is 0.167. The molecule has 0 atom stereocenters. The third-order valence-corrected chi connectivity index (χ3v) is 1.62. The molecular weight excluding hydrogens is 138 g/mol. The Balaban J connectivity index is 4.64. The van der Waals surface area contributed by atoms with Crippen molar-refractivity contribution in [1.82, 2.24) is 0 Å². The molecule has 0 aromatic rings. The molecule has 0 fully saturated rings. The van der Waals surface area contributed by atoms with E-state index in [0.717, 1.165) is 5.57 Å². The smallest absolute Gasteiger partial charge is 0.160 e. The van der Waals surface area contributed by atoms with E-state index in [0.29, 0.717) is 12.1 Å². The van der Waals surface area contributed by atoms with Crippen molar-refractivity contribution in [2.75, 3.05) is 0 Å². The number of Topliss-reactive ketones (excluding diaryl/α,β-unsaturated/α-hetero) is 1. The van der Waals surface area contributed by atoms with Crippen molar-refractivity contribution in [2.24, 2.45) is 11.7 Å². The monoisotopic (exact) mass is 155 g/mol. The van der Waals surface area contributed by atoms with Crippen LogP contribution in [0.3, 0.4) is 0 Å². The maximum absolute atomic E-state index is 11.3. The molecule has 0 amide bonds. The Kier molecular flexibility index (Phi) is 3.86. The first-order valence-electron chi connectivity index (χ1n) is 4.00. The minimum absolute atomic E-state index is 0.167. The zero-order valence-electron chi connectivity index (χ0n) is 7.77. The Labute approximate surface area is 68.5 Å². The van der Waals surface area contributed by atoms with Crippen LogP contribution < -0.4 is 5.73 Å². The second kappa shape index (κ2) is 4.16. The Morgan fingerprint density at radius 2 is 1.91 bits per heavy atom. The van der Waals surface area contributed by atoms with Crippen molar-refractivity contribution in [3.63, 3.8) is 0 Å². The van der Waals surface area contributed by atoms with Crippen molar-refractivity contribution in [3.8, 4) is 0 Å². The summed E-state index contributed by atoms with van der Waals surface area (Å²) in [6, 6.07) is 0. The van der Waals surface area contributed by atoms with E-state index in [4.69, 9.17) is 5.73 Å². The molecule has 0 unspecified atom stereocenters. The summed E-state index contributed by atoms with van der Waals surface area (Å²) >= 11 is 0. The molecule has 0 saturated carbocycles. The molecule has 0 rings (SSSR count). The highest BCUT2D eigenvalue weighted by Crippen LogP contribution is 2.14. The molecular formula is C9H17NO. The Bertz CT molecular complexity index is 176. The molecule has 0 spiro atoms.